The number of rotatable bonds is 5. The molecule has 0 amide bonds. The molecule has 0 aliphatic carbocycles. The molecule has 4 nitrogen and oxygen atoms in total. The molecule has 2 aromatic rings. The van der Waals surface area contributed by atoms with Crippen molar-refractivity contribution in [2.45, 2.75) is 50.1 Å². The van der Waals surface area contributed by atoms with E-state index in [0.717, 1.165) is 16.5 Å². The van der Waals surface area contributed by atoms with Gasteiger partial charge in [-0.1, -0.05) is 62.9 Å². The highest BCUT2D eigenvalue weighted by molar-refractivity contribution is 8.00. The van der Waals surface area contributed by atoms with Gasteiger partial charge in [0.15, 0.2) is 11.0 Å². The molecule has 2 rings (SSSR count). The Hall–Kier alpha value is -2.06. The molecule has 0 saturated heterocycles. The van der Waals surface area contributed by atoms with E-state index in [2.05, 4.69) is 67.9 Å². The summed E-state index contributed by atoms with van der Waals surface area (Å²) >= 11 is 1.41. The van der Waals surface area contributed by atoms with E-state index in [1.165, 1.54) is 17.3 Å². The summed E-state index contributed by atoms with van der Waals surface area (Å²) in [6.45, 7) is 12.9. The van der Waals surface area contributed by atoms with Gasteiger partial charge in [0.2, 0.25) is 0 Å². The van der Waals surface area contributed by atoms with E-state index in [1.54, 1.807) is 0 Å². The quantitative estimate of drug-likeness (QED) is 0.602. The number of aromatic nitrogens is 3. The number of benzene rings is 1. The first-order valence-corrected chi connectivity index (χ1v) is 8.46. The Morgan fingerprint density at radius 3 is 2.48 bits per heavy atom. The minimum absolute atomic E-state index is 0.122. The van der Waals surface area contributed by atoms with Crippen LogP contribution in [0.25, 0.3) is 11.4 Å². The molecule has 0 aliphatic rings. The largest absolute Gasteiger partial charge is 0.298 e. The van der Waals surface area contributed by atoms with E-state index < -0.39 is 0 Å². The van der Waals surface area contributed by atoms with E-state index in [0.29, 0.717) is 6.54 Å². The highest BCUT2D eigenvalue weighted by atomic mass is 32.2. The molecule has 1 aromatic carbocycles. The van der Waals surface area contributed by atoms with Crippen molar-refractivity contribution >= 4 is 11.8 Å². The van der Waals surface area contributed by atoms with Gasteiger partial charge >= 0.3 is 0 Å². The van der Waals surface area contributed by atoms with Gasteiger partial charge in [0.05, 0.1) is 11.3 Å². The molecular formula is C18H22N4S. The van der Waals surface area contributed by atoms with Crippen LogP contribution in [0.15, 0.2) is 42.1 Å². The molecule has 0 radical (unpaired) electrons. The Morgan fingerprint density at radius 1 is 1.30 bits per heavy atom. The van der Waals surface area contributed by atoms with E-state index in [-0.39, 0.29) is 10.7 Å². The number of thioether (sulfide) groups is 1. The highest BCUT2D eigenvalue weighted by Crippen LogP contribution is 2.28. The van der Waals surface area contributed by atoms with Crippen LogP contribution < -0.4 is 0 Å². The summed E-state index contributed by atoms with van der Waals surface area (Å²) in [4.78, 5) is 0. The first kappa shape index (κ1) is 17.3. The van der Waals surface area contributed by atoms with Gasteiger partial charge in [0, 0.05) is 12.1 Å². The standard InChI is InChI=1S/C18H22N4S/c1-6-11-22-16(20-21-17(22)23-13(2)12-19)14-7-9-15(10-8-14)18(3,4)5/h6-10,13H,1,11H2,2-5H3. The van der Waals surface area contributed by atoms with Crippen molar-refractivity contribution in [1.29, 1.82) is 5.26 Å². The fraction of sp³-hybridized carbons (Fsp3) is 0.389. The average molecular weight is 326 g/mol. The van der Waals surface area contributed by atoms with Crippen LogP contribution in [0, 0.1) is 11.3 Å². The predicted molar refractivity (Wildman–Crippen MR) is 95.3 cm³/mol. The minimum atomic E-state index is -0.168. The molecule has 1 heterocycles. The van der Waals surface area contributed by atoms with Crippen molar-refractivity contribution in [2.24, 2.45) is 0 Å². The lowest BCUT2D eigenvalue weighted by Crippen LogP contribution is -2.10. The van der Waals surface area contributed by atoms with Crippen molar-refractivity contribution in [1.82, 2.24) is 14.8 Å². The zero-order chi connectivity index (χ0) is 17.0. The smallest absolute Gasteiger partial charge is 0.193 e. The van der Waals surface area contributed by atoms with Crippen molar-refractivity contribution in [3.05, 3.63) is 42.5 Å². The van der Waals surface area contributed by atoms with Crippen LogP contribution in [0.4, 0.5) is 0 Å². The maximum Gasteiger partial charge on any atom is 0.193 e. The number of nitriles is 1. The van der Waals surface area contributed by atoms with Crippen molar-refractivity contribution in [2.75, 3.05) is 0 Å². The van der Waals surface area contributed by atoms with Crippen molar-refractivity contribution in [3.63, 3.8) is 0 Å². The topological polar surface area (TPSA) is 54.5 Å². The van der Waals surface area contributed by atoms with Crippen molar-refractivity contribution < 1.29 is 0 Å². The summed E-state index contributed by atoms with van der Waals surface area (Å²) in [6, 6.07) is 10.6. The molecule has 1 unspecified atom stereocenters. The molecule has 1 aromatic heterocycles. The van der Waals surface area contributed by atoms with Crippen LogP contribution in [0.1, 0.15) is 33.3 Å². The summed E-state index contributed by atoms with van der Waals surface area (Å²) in [6.07, 6.45) is 1.82. The van der Waals surface area contributed by atoms with E-state index in [4.69, 9.17) is 5.26 Å². The summed E-state index contributed by atoms with van der Waals surface area (Å²) in [5.74, 6) is 0.804. The van der Waals surface area contributed by atoms with E-state index in [1.807, 2.05) is 17.6 Å². The maximum atomic E-state index is 9.00. The second-order valence-electron chi connectivity index (χ2n) is 6.42. The molecule has 0 spiro atoms. The molecule has 0 fully saturated rings. The third-order valence-corrected chi connectivity index (χ3v) is 4.47. The summed E-state index contributed by atoms with van der Waals surface area (Å²) in [5.41, 5.74) is 2.42. The molecule has 5 heteroatoms. The van der Waals surface area contributed by atoms with E-state index >= 15 is 0 Å². The molecule has 0 aliphatic heterocycles. The Kier molecular flexibility index (Phi) is 5.27. The molecule has 0 saturated carbocycles. The van der Waals surface area contributed by atoms with Crippen molar-refractivity contribution in [3.8, 4) is 17.5 Å². The van der Waals surface area contributed by atoms with Gasteiger partial charge in [0.1, 0.15) is 0 Å². The van der Waals surface area contributed by atoms with Gasteiger partial charge in [-0.25, -0.2) is 0 Å². The van der Waals surface area contributed by atoms with Crippen LogP contribution in [0.5, 0.6) is 0 Å². The van der Waals surface area contributed by atoms with Gasteiger partial charge in [-0.05, 0) is 17.9 Å². The summed E-state index contributed by atoms with van der Waals surface area (Å²) < 4.78 is 2.00. The Morgan fingerprint density at radius 2 is 1.96 bits per heavy atom. The zero-order valence-corrected chi connectivity index (χ0v) is 14.9. The molecule has 0 N–H and O–H groups in total. The molecular weight excluding hydrogens is 304 g/mol. The lowest BCUT2D eigenvalue weighted by Gasteiger charge is -2.19. The van der Waals surface area contributed by atoms with Gasteiger partial charge in [0.25, 0.3) is 0 Å². The average Bonchev–Trinajstić information content (AvgIpc) is 2.89. The molecule has 23 heavy (non-hydrogen) atoms. The number of hydrogen-bond acceptors (Lipinski definition) is 4. The SMILES string of the molecule is C=CCn1c(SC(C)C#N)nnc1-c1ccc(C(C)(C)C)cc1. The third-order valence-electron chi connectivity index (χ3n) is 3.50. The fourth-order valence-corrected chi connectivity index (χ4v) is 2.93. The normalized spacial score (nSPS) is 12.7. The first-order valence-electron chi connectivity index (χ1n) is 7.58. The monoisotopic (exact) mass is 326 g/mol. The van der Waals surface area contributed by atoms with Crippen LogP contribution >= 0.6 is 11.8 Å². The molecule has 120 valence electrons. The summed E-state index contributed by atoms with van der Waals surface area (Å²) in [5, 5.41) is 18.1. The highest BCUT2D eigenvalue weighted by Gasteiger charge is 2.17. The number of nitrogens with zero attached hydrogens (tertiary/aromatic N) is 4. The molecule has 1 atom stereocenters. The van der Waals surface area contributed by atoms with Crippen LogP contribution in [0.3, 0.4) is 0 Å². The Bertz CT molecular complexity index is 717. The second-order valence-corrected chi connectivity index (χ2v) is 7.73. The van der Waals surface area contributed by atoms with Crippen LogP contribution in [0.2, 0.25) is 0 Å². The number of allylic oxidation sites excluding steroid dienone is 1. The van der Waals surface area contributed by atoms with E-state index in [9.17, 15) is 0 Å². The van der Waals surface area contributed by atoms with Crippen LogP contribution in [-0.4, -0.2) is 20.0 Å². The first-order chi connectivity index (χ1) is 10.9. The minimum Gasteiger partial charge on any atom is -0.298 e. The Labute approximate surface area is 142 Å². The Balaban J connectivity index is 2.39. The van der Waals surface area contributed by atoms with Gasteiger partial charge < -0.3 is 0 Å². The molecule has 0 bridgehead atoms. The third kappa shape index (κ3) is 4.02. The van der Waals surface area contributed by atoms with Gasteiger partial charge in [-0.15, -0.1) is 16.8 Å². The van der Waals surface area contributed by atoms with Crippen LogP contribution in [-0.2, 0) is 12.0 Å². The predicted octanol–water partition coefficient (Wildman–Crippen LogP) is 4.43. The lowest BCUT2D eigenvalue weighted by atomic mass is 9.87. The maximum absolute atomic E-state index is 9.00. The second kappa shape index (κ2) is 7.01. The number of hydrogen-bond donors (Lipinski definition) is 0. The van der Waals surface area contributed by atoms with Gasteiger partial charge in [-0.2, -0.15) is 5.26 Å². The lowest BCUT2D eigenvalue weighted by molar-refractivity contribution is 0.590. The fourth-order valence-electron chi connectivity index (χ4n) is 2.19. The summed E-state index contributed by atoms with van der Waals surface area (Å²) in [7, 11) is 0. The zero-order valence-electron chi connectivity index (χ0n) is 14.1. The van der Waals surface area contributed by atoms with Gasteiger partial charge in [-0.3, -0.25) is 4.57 Å².